The number of carbonyl (C=O) groups excluding carboxylic acids is 1. The predicted octanol–water partition coefficient (Wildman–Crippen LogP) is 0.551. The minimum Gasteiger partial charge on any atom is -0.465 e. The monoisotopic (exact) mass is 233 g/mol. The van der Waals surface area contributed by atoms with Crippen LogP contribution in [0.25, 0.3) is 0 Å². The number of aryl methyl sites for hydroxylation is 1. The van der Waals surface area contributed by atoms with Gasteiger partial charge in [0, 0.05) is 7.05 Å². The molecular weight excluding hydrogens is 226 g/mol. The molecule has 66 valence electrons. The van der Waals surface area contributed by atoms with Gasteiger partial charge in [-0.1, -0.05) is 0 Å². The first kappa shape index (κ1) is 9.05. The minimum absolute atomic E-state index is 0.163. The van der Waals surface area contributed by atoms with Gasteiger partial charge < -0.3 is 10.5 Å². The number of ether oxygens (including phenoxy) is 1. The first-order valence-electron chi connectivity index (χ1n) is 3.14. The highest BCUT2D eigenvalue weighted by molar-refractivity contribution is 9.10. The van der Waals surface area contributed by atoms with Gasteiger partial charge in [0.25, 0.3) is 0 Å². The molecule has 1 rings (SSSR count). The fourth-order valence-corrected chi connectivity index (χ4v) is 1.26. The molecule has 0 atom stereocenters. The summed E-state index contributed by atoms with van der Waals surface area (Å²) < 4.78 is 6.49. The average Bonchev–Trinajstić information content (AvgIpc) is 2.26. The SMILES string of the molecule is COC(=O)c1c(N)nn(C)c1Br. The fourth-order valence-electron chi connectivity index (χ4n) is 0.814. The topological polar surface area (TPSA) is 70.1 Å². The standard InChI is InChI=1S/C6H8BrN3O2/c1-10-4(7)3(5(8)9-10)6(11)12-2/h1-2H3,(H2,8,9). The van der Waals surface area contributed by atoms with Gasteiger partial charge in [-0.3, -0.25) is 4.68 Å². The Balaban J connectivity index is 3.22. The number of aromatic nitrogens is 2. The van der Waals surface area contributed by atoms with Crippen LogP contribution in [0.1, 0.15) is 10.4 Å². The highest BCUT2D eigenvalue weighted by atomic mass is 79.9. The number of halogens is 1. The Hall–Kier alpha value is -1.04. The van der Waals surface area contributed by atoms with E-state index in [0.717, 1.165) is 0 Å². The molecule has 0 saturated carbocycles. The van der Waals surface area contributed by atoms with Crippen molar-refractivity contribution in [2.75, 3.05) is 12.8 Å². The summed E-state index contributed by atoms with van der Waals surface area (Å²) in [6.07, 6.45) is 0. The molecule has 0 fully saturated rings. The summed E-state index contributed by atoms with van der Waals surface area (Å²) in [6.45, 7) is 0. The summed E-state index contributed by atoms with van der Waals surface area (Å²) in [6, 6.07) is 0. The van der Waals surface area contributed by atoms with Crippen LogP contribution in [-0.4, -0.2) is 22.9 Å². The number of anilines is 1. The molecule has 0 unspecified atom stereocenters. The summed E-state index contributed by atoms with van der Waals surface area (Å²) in [5, 5.41) is 3.83. The second kappa shape index (κ2) is 3.14. The number of methoxy groups -OCH3 is 1. The molecule has 1 aromatic heterocycles. The molecule has 0 aliphatic heterocycles. The number of nitrogens with zero attached hydrogens (tertiary/aromatic N) is 2. The molecule has 0 bridgehead atoms. The maximum absolute atomic E-state index is 11.1. The van der Waals surface area contributed by atoms with Crippen molar-refractivity contribution < 1.29 is 9.53 Å². The van der Waals surface area contributed by atoms with Gasteiger partial charge in [-0.25, -0.2) is 4.79 Å². The predicted molar refractivity (Wildman–Crippen MR) is 46.7 cm³/mol. The highest BCUT2D eigenvalue weighted by Gasteiger charge is 2.19. The zero-order chi connectivity index (χ0) is 9.30. The number of rotatable bonds is 1. The van der Waals surface area contributed by atoms with Crippen LogP contribution in [0.3, 0.4) is 0 Å². The lowest BCUT2D eigenvalue weighted by molar-refractivity contribution is 0.0600. The van der Waals surface area contributed by atoms with Crippen LogP contribution in [0.5, 0.6) is 0 Å². The van der Waals surface area contributed by atoms with Gasteiger partial charge in [-0.2, -0.15) is 5.10 Å². The Labute approximate surface area is 77.6 Å². The van der Waals surface area contributed by atoms with Crippen molar-refractivity contribution in [3.05, 3.63) is 10.2 Å². The summed E-state index contributed by atoms with van der Waals surface area (Å²) in [7, 11) is 2.97. The normalized spacial score (nSPS) is 9.92. The molecule has 12 heavy (non-hydrogen) atoms. The zero-order valence-electron chi connectivity index (χ0n) is 6.67. The molecular formula is C6H8BrN3O2. The highest BCUT2D eigenvalue weighted by Crippen LogP contribution is 2.21. The van der Waals surface area contributed by atoms with Crippen molar-refractivity contribution in [1.29, 1.82) is 0 Å². The molecule has 1 heterocycles. The molecule has 6 heteroatoms. The van der Waals surface area contributed by atoms with Gasteiger partial charge in [0.05, 0.1) is 7.11 Å². The largest absolute Gasteiger partial charge is 0.465 e. The van der Waals surface area contributed by atoms with Crippen LogP contribution in [0.4, 0.5) is 5.82 Å². The van der Waals surface area contributed by atoms with Gasteiger partial charge in [-0.05, 0) is 15.9 Å². The number of hydrogen-bond acceptors (Lipinski definition) is 4. The lowest BCUT2D eigenvalue weighted by atomic mass is 10.3. The van der Waals surface area contributed by atoms with Gasteiger partial charge in [-0.15, -0.1) is 0 Å². The summed E-state index contributed by atoms with van der Waals surface area (Å²) in [5.74, 6) is -0.330. The molecule has 0 amide bonds. The third kappa shape index (κ3) is 1.29. The fraction of sp³-hybridized carbons (Fsp3) is 0.333. The van der Waals surface area contributed by atoms with Crippen LogP contribution in [0.2, 0.25) is 0 Å². The van der Waals surface area contributed by atoms with Crippen molar-refractivity contribution in [2.45, 2.75) is 0 Å². The number of carbonyl (C=O) groups is 1. The summed E-state index contributed by atoms with van der Waals surface area (Å²) in [5.41, 5.74) is 5.72. The van der Waals surface area contributed by atoms with E-state index in [1.165, 1.54) is 11.8 Å². The number of nitrogen functional groups attached to an aromatic ring is 1. The van der Waals surface area contributed by atoms with Crippen molar-refractivity contribution in [1.82, 2.24) is 9.78 Å². The molecule has 0 saturated heterocycles. The van der Waals surface area contributed by atoms with E-state index in [4.69, 9.17) is 5.73 Å². The second-order valence-corrected chi connectivity index (χ2v) is 2.92. The number of hydrogen-bond donors (Lipinski definition) is 1. The van der Waals surface area contributed by atoms with Gasteiger partial charge >= 0.3 is 5.97 Å². The molecule has 0 aliphatic rings. The number of nitrogens with two attached hydrogens (primary N) is 1. The van der Waals surface area contributed by atoms with E-state index in [0.29, 0.717) is 4.60 Å². The Kier molecular flexibility index (Phi) is 2.37. The average molecular weight is 234 g/mol. The van der Waals surface area contributed by atoms with Gasteiger partial charge in [0.1, 0.15) is 10.2 Å². The second-order valence-electron chi connectivity index (χ2n) is 2.17. The van der Waals surface area contributed by atoms with Crippen molar-refractivity contribution >= 4 is 27.7 Å². The maximum Gasteiger partial charge on any atom is 0.344 e. The van der Waals surface area contributed by atoms with E-state index >= 15 is 0 Å². The lowest BCUT2D eigenvalue weighted by Gasteiger charge is -1.96. The van der Waals surface area contributed by atoms with Gasteiger partial charge in [0.2, 0.25) is 0 Å². The van der Waals surface area contributed by atoms with Crippen LogP contribution in [0, 0.1) is 0 Å². The van der Waals surface area contributed by atoms with Crippen molar-refractivity contribution in [3.8, 4) is 0 Å². The van der Waals surface area contributed by atoms with Gasteiger partial charge in [0.15, 0.2) is 5.82 Å². The van der Waals surface area contributed by atoms with E-state index in [2.05, 4.69) is 25.8 Å². The van der Waals surface area contributed by atoms with E-state index in [-0.39, 0.29) is 11.4 Å². The number of esters is 1. The van der Waals surface area contributed by atoms with Crippen LogP contribution < -0.4 is 5.73 Å². The molecule has 0 aromatic carbocycles. The van der Waals surface area contributed by atoms with Crippen molar-refractivity contribution in [3.63, 3.8) is 0 Å². The Morgan fingerprint density at radius 2 is 2.33 bits per heavy atom. The quantitative estimate of drug-likeness (QED) is 0.720. The maximum atomic E-state index is 11.1. The zero-order valence-corrected chi connectivity index (χ0v) is 8.25. The van der Waals surface area contributed by atoms with E-state index in [1.807, 2.05) is 0 Å². The summed E-state index contributed by atoms with van der Waals surface area (Å²) in [4.78, 5) is 11.1. The van der Waals surface area contributed by atoms with Crippen LogP contribution in [0.15, 0.2) is 4.60 Å². The molecule has 1 aromatic rings. The molecule has 2 N–H and O–H groups in total. The molecule has 0 spiro atoms. The Bertz CT molecular complexity index is 321. The first-order valence-corrected chi connectivity index (χ1v) is 3.93. The van der Waals surface area contributed by atoms with E-state index in [9.17, 15) is 4.79 Å². The van der Waals surface area contributed by atoms with E-state index in [1.54, 1.807) is 7.05 Å². The lowest BCUT2D eigenvalue weighted by Crippen LogP contribution is -2.04. The van der Waals surface area contributed by atoms with E-state index < -0.39 is 5.97 Å². The molecule has 0 aliphatic carbocycles. The van der Waals surface area contributed by atoms with Crippen molar-refractivity contribution in [2.24, 2.45) is 7.05 Å². The third-order valence-corrected chi connectivity index (χ3v) is 2.30. The molecule has 0 radical (unpaired) electrons. The van der Waals surface area contributed by atoms with Crippen LogP contribution >= 0.6 is 15.9 Å². The first-order chi connectivity index (χ1) is 5.57. The minimum atomic E-state index is -0.493. The third-order valence-electron chi connectivity index (χ3n) is 1.39. The summed E-state index contributed by atoms with van der Waals surface area (Å²) >= 11 is 3.16. The Morgan fingerprint density at radius 1 is 1.75 bits per heavy atom. The molecule has 5 nitrogen and oxygen atoms in total. The van der Waals surface area contributed by atoms with Crippen LogP contribution in [-0.2, 0) is 11.8 Å². The Morgan fingerprint density at radius 3 is 2.67 bits per heavy atom. The smallest absolute Gasteiger partial charge is 0.344 e.